The van der Waals surface area contributed by atoms with Crippen LogP contribution in [-0.2, 0) is 25.7 Å². The third-order valence-electron chi connectivity index (χ3n) is 4.31. The molecular formula is C21H20N2O5. The van der Waals surface area contributed by atoms with Crippen molar-refractivity contribution in [2.75, 3.05) is 6.61 Å². The number of Topliss-reactive ketones (excluding diaryl/α,β-unsaturated/α-hetero) is 1. The molecule has 0 spiro atoms. The first-order valence-corrected chi connectivity index (χ1v) is 8.88. The van der Waals surface area contributed by atoms with Crippen LogP contribution in [0.4, 0.5) is 0 Å². The van der Waals surface area contributed by atoms with Gasteiger partial charge in [-0.3, -0.25) is 10.2 Å². The first-order chi connectivity index (χ1) is 13.6. The number of hydrogen-bond donors (Lipinski definition) is 1. The molecule has 0 aliphatic carbocycles. The van der Waals surface area contributed by atoms with E-state index in [-0.39, 0.29) is 25.3 Å². The fourth-order valence-electron chi connectivity index (χ4n) is 2.85. The number of rotatable bonds is 7. The average molecular weight is 380 g/mol. The molecule has 0 amide bonds. The minimum atomic E-state index is -1.81. The molecule has 0 aromatic heterocycles. The molecule has 0 fully saturated rings. The number of esters is 2. The van der Waals surface area contributed by atoms with Crippen LogP contribution in [0.25, 0.3) is 0 Å². The first kappa shape index (κ1) is 19.3. The number of benzene rings is 2. The highest BCUT2D eigenvalue weighted by atomic mass is 16.5. The van der Waals surface area contributed by atoms with Gasteiger partial charge in [-0.15, -0.1) is 0 Å². The van der Waals surface area contributed by atoms with Gasteiger partial charge in [0.05, 0.1) is 6.61 Å². The lowest BCUT2D eigenvalue weighted by atomic mass is 9.86. The van der Waals surface area contributed by atoms with Gasteiger partial charge in [0.2, 0.25) is 11.3 Å². The summed E-state index contributed by atoms with van der Waals surface area (Å²) in [4.78, 5) is 38.1. The second-order valence-electron chi connectivity index (χ2n) is 6.23. The molecule has 3 rings (SSSR count). The lowest BCUT2D eigenvalue weighted by molar-refractivity contribution is -0.150. The van der Waals surface area contributed by atoms with E-state index in [1.165, 1.54) is 0 Å². The van der Waals surface area contributed by atoms with E-state index >= 15 is 0 Å². The van der Waals surface area contributed by atoms with Gasteiger partial charge >= 0.3 is 11.9 Å². The molecule has 1 heterocycles. The van der Waals surface area contributed by atoms with Crippen LogP contribution in [0.2, 0.25) is 0 Å². The molecule has 0 bridgehead atoms. The predicted octanol–water partition coefficient (Wildman–Crippen LogP) is 2.26. The van der Waals surface area contributed by atoms with Crippen LogP contribution >= 0.6 is 0 Å². The molecule has 1 N–H and O–H groups in total. The molecule has 1 aliphatic heterocycles. The monoisotopic (exact) mass is 380 g/mol. The van der Waals surface area contributed by atoms with E-state index in [2.05, 4.69) is 10.5 Å². The molecule has 0 saturated heterocycles. The van der Waals surface area contributed by atoms with E-state index < -0.39 is 23.3 Å². The quantitative estimate of drug-likeness (QED) is 0.450. The Morgan fingerprint density at radius 1 is 1.00 bits per heavy atom. The smallest absolute Gasteiger partial charge is 0.354 e. The van der Waals surface area contributed by atoms with Crippen LogP contribution in [0.5, 0.6) is 0 Å². The lowest BCUT2D eigenvalue weighted by Crippen LogP contribution is -2.55. The van der Waals surface area contributed by atoms with Crippen molar-refractivity contribution >= 4 is 23.4 Å². The molecule has 7 nitrogen and oxygen atoms in total. The van der Waals surface area contributed by atoms with E-state index in [4.69, 9.17) is 9.47 Å². The van der Waals surface area contributed by atoms with Gasteiger partial charge in [0.15, 0.2) is 0 Å². The maximum atomic E-state index is 13.2. The van der Waals surface area contributed by atoms with Crippen LogP contribution in [-0.4, -0.2) is 35.6 Å². The standard InChI is InChI=1S/C21H20N2O5/c1-2-27-19(25)17-13-21(23-22-17,18(24)16-11-7-4-8-12-16)20(26)28-14-15-9-5-3-6-10-15/h3-12,23H,2,13-14H2,1H3. The Balaban J connectivity index is 1.84. The van der Waals surface area contributed by atoms with Crippen molar-refractivity contribution in [2.24, 2.45) is 5.10 Å². The number of hydrogen-bond acceptors (Lipinski definition) is 7. The van der Waals surface area contributed by atoms with Gasteiger partial charge in [-0.1, -0.05) is 60.7 Å². The minimum Gasteiger partial charge on any atom is -0.461 e. The van der Waals surface area contributed by atoms with Gasteiger partial charge in [-0.25, -0.2) is 9.59 Å². The molecule has 28 heavy (non-hydrogen) atoms. The van der Waals surface area contributed by atoms with Crippen LogP contribution in [0.3, 0.4) is 0 Å². The van der Waals surface area contributed by atoms with Crippen molar-refractivity contribution in [3.63, 3.8) is 0 Å². The predicted molar refractivity (Wildman–Crippen MR) is 102 cm³/mol. The maximum Gasteiger partial charge on any atom is 0.354 e. The van der Waals surface area contributed by atoms with Crippen molar-refractivity contribution in [2.45, 2.75) is 25.5 Å². The van der Waals surface area contributed by atoms with Gasteiger partial charge in [0.25, 0.3) is 0 Å². The largest absolute Gasteiger partial charge is 0.461 e. The number of hydrazone groups is 1. The molecular weight excluding hydrogens is 360 g/mol. The third-order valence-corrected chi connectivity index (χ3v) is 4.31. The van der Waals surface area contributed by atoms with Crippen LogP contribution in [0.1, 0.15) is 29.3 Å². The first-order valence-electron chi connectivity index (χ1n) is 8.88. The molecule has 1 unspecified atom stereocenters. The molecule has 0 radical (unpaired) electrons. The van der Waals surface area contributed by atoms with E-state index in [1.54, 1.807) is 37.3 Å². The Morgan fingerprint density at radius 3 is 2.29 bits per heavy atom. The Kier molecular flexibility index (Phi) is 5.84. The van der Waals surface area contributed by atoms with E-state index in [9.17, 15) is 14.4 Å². The van der Waals surface area contributed by atoms with Crippen molar-refractivity contribution < 1.29 is 23.9 Å². The van der Waals surface area contributed by atoms with E-state index in [0.29, 0.717) is 5.56 Å². The zero-order valence-corrected chi connectivity index (χ0v) is 15.4. The summed E-state index contributed by atoms with van der Waals surface area (Å²) in [6.07, 6.45) is -0.243. The Labute approximate surface area is 162 Å². The highest BCUT2D eigenvalue weighted by molar-refractivity contribution is 6.39. The molecule has 7 heteroatoms. The van der Waals surface area contributed by atoms with Gasteiger partial charge in [-0.05, 0) is 12.5 Å². The molecule has 2 aromatic carbocycles. The van der Waals surface area contributed by atoms with Gasteiger partial charge in [0, 0.05) is 12.0 Å². The summed E-state index contributed by atoms with van der Waals surface area (Å²) in [5, 5.41) is 3.90. The van der Waals surface area contributed by atoms with Crippen LogP contribution < -0.4 is 5.43 Å². The minimum absolute atomic E-state index is 0.0000865. The second kappa shape index (κ2) is 8.47. The molecule has 2 aromatic rings. The summed E-state index contributed by atoms with van der Waals surface area (Å²) in [6.45, 7) is 1.83. The van der Waals surface area contributed by atoms with Crippen molar-refractivity contribution in [3.05, 3.63) is 71.8 Å². The Morgan fingerprint density at radius 2 is 1.64 bits per heavy atom. The lowest BCUT2D eigenvalue weighted by Gasteiger charge is -2.25. The number of nitrogens with one attached hydrogen (secondary N) is 1. The van der Waals surface area contributed by atoms with Crippen molar-refractivity contribution in [3.8, 4) is 0 Å². The normalized spacial score (nSPS) is 18.0. The van der Waals surface area contributed by atoms with E-state index in [0.717, 1.165) is 5.56 Å². The van der Waals surface area contributed by atoms with Gasteiger partial charge < -0.3 is 9.47 Å². The number of carbonyl (C=O) groups excluding carboxylic acids is 3. The number of carbonyl (C=O) groups is 3. The van der Waals surface area contributed by atoms with E-state index in [1.807, 2.05) is 30.3 Å². The van der Waals surface area contributed by atoms with Gasteiger partial charge in [-0.2, -0.15) is 5.10 Å². The molecule has 0 saturated carbocycles. The summed E-state index contributed by atoms with van der Waals surface area (Å²) in [5.74, 6) is -1.99. The van der Waals surface area contributed by atoms with Crippen LogP contribution in [0.15, 0.2) is 65.8 Å². The zero-order valence-electron chi connectivity index (χ0n) is 15.4. The molecule has 144 valence electrons. The molecule has 1 atom stereocenters. The van der Waals surface area contributed by atoms with Crippen LogP contribution in [0, 0.1) is 0 Å². The average Bonchev–Trinajstić information content (AvgIpc) is 3.20. The summed E-state index contributed by atoms with van der Waals surface area (Å²) < 4.78 is 10.3. The maximum absolute atomic E-state index is 13.2. The number of ether oxygens (including phenoxy) is 2. The Bertz CT molecular complexity index is 896. The highest BCUT2D eigenvalue weighted by Crippen LogP contribution is 2.26. The number of ketones is 1. The highest BCUT2D eigenvalue weighted by Gasteiger charge is 2.53. The van der Waals surface area contributed by atoms with Crippen molar-refractivity contribution in [1.82, 2.24) is 5.43 Å². The third kappa shape index (κ3) is 3.93. The Hall–Kier alpha value is -3.48. The summed E-state index contributed by atoms with van der Waals surface area (Å²) in [7, 11) is 0. The van der Waals surface area contributed by atoms with Crippen molar-refractivity contribution in [1.29, 1.82) is 0 Å². The summed E-state index contributed by atoms with van der Waals surface area (Å²) in [5.41, 5.74) is 1.82. The summed E-state index contributed by atoms with van der Waals surface area (Å²) >= 11 is 0. The van der Waals surface area contributed by atoms with Gasteiger partial charge in [0.1, 0.15) is 12.3 Å². The fraction of sp³-hybridized carbons (Fsp3) is 0.238. The molecule has 1 aliphatic rings. The fourth-order valence-corrected chi connectivity index (χ4v) is 2.85. The second-order valence-corrected chi connectivity index (χ2v) is 6.23. The summed E-state index contributed by atoms with van der Waals surface area (Å²) in [6, 6.07) is 17.5. The zero-order chi connectivity index (χ0) is 20.0. The number of nitrogens with zero attached hydrogens (tertiary/aromatic N) is 1. The SMILES string of the molecule is CCOC(=O)C1=NNC(C(=O)OCc2ccccc2)(C(=O)c2ccccc2)C1. The topological polar surface area (TPSA) is 94.1 Å².